The molecule has 2 fully saturated rings. The molecule has 1 heterocycles. The van der Waals surface area contributed by atoms with Gasteiger partial charge in [-0.25, -0.2) is 0 Å². The van der Waals surface area contributed by atoms with Crippen LogP contribution in [0.4, 0.5) is 5.69 Å². The van der Waals surface area contributed by atoms with Crippen LogP contribution in [0.3, 0.4) is 0 Å². The summed E-state index contributed by atoms with van der Waals surface area (Å²) in [6, 6.07) is 7.36. The Labute approximate surface area is 135 Å². The minimum absolute atomic E-state index is 0.0875. The van der Waals surface area contributed by atoms with E-state index in [0.29, 0.717) is 24.0 Å². The number of carbonyl (C=O) groups is 2. The standard InChI is InChI=1S/C18H22N2O3/c19-18(22)16-10-20(14-3-1-2-4-15(14)23-16)17(21)9-13-8-11-5-6-12(13)7-11/h1-4,11-13,16H,5-10H2,(H2,19,22)/t11-,12-,13-,16-/m0/s1. The Hall–Kier alpha value is -2.04. The Balaban J connectivity index is 1.54. The molecule has 0 spiro atoms. The number of benzene rings is 1. The number of para-hydroxylation sites is 2. The molecule has 2 N–H and O–H groups in total. The molecule has 0 radical (unpaired) electrons. The average Bonchev–Trinajstić information content (AvgIpc) is 3.16. The van der Waals surface area contributed by atoms with Gasteiger partial charge in [0.05, 0.1) is 12.2 Å². The number of nitrogens with zero attached hydrogens (tertiary/aromatic N) is 1. The van der Waals surface area contributed by atoms with E-state index in [0.717, 1.165) is 11.6 Å². The van der Waals surface area contributed by atoms with Crippen LogP contribution in [0.1, 0.15) is 32.1 Å². The Morgan fingerprint density at radius 2 is 2.04 bits per heavy atom. The van der Waals surface area contributed by atoms with E-state index in [9.17, 15) is 9.59 Å². The molecule has 5 heteroatoms. The van der Waals surface area contributed by atoms with Crippen molar-refractivity contribution in [1.82, 2.24) is 0 Å². The molecule has 122 valence electrons. The Morgan fingerprint density at radius 3 is 2.74 bits per heavy atom. The van der Waals surface area contributed by atoms with E-state index in [1.165, 1.54) is 25.7 Å². The molecule has 2 amide bonds. The van der Waals surface area contributed by atoms with E-state index in [4.69, 9.17) is 10.5 Å². The van der Waals surface area contributed by atoms with Crippen molar-refractivity contribution >= 4 is 17.5 Å². The lowest BCUT2D eigenvalue weighted by Crippen LogP contribution is -2.49. The molecule has 2 aliphatic carbocycles. The van der Waals surface area contributed by atoms with E-state index in [1.807, 2.05) is 18.2 Å². The number of carbonyl (C=O) groups excluding carboxylic acids is 2. The summed E-state index contributed by atoms with van der Waals surface area (Å²) >= 11 is 0. The molecule has 0 aromatic heterocycles. The van der Waals surface area contributed by atoms with Crippen LogP contribution in [-0.2, 0) is 9.59 Å². The number of amides is 2. The smallest absolute Gasteiger partial charge is 0.260 e. The molecule has 1 aromatic carbocycles. The first-order valence-corrected chi connectivity index (χ1v) is 8.47. The molecule has 1 aliphatic heterocycles. The number of ether oxygens (including phenoxy) is 1. The third-order valence-electron chi connectivity index (χ3n) is 5.71. The monoisotopic (exact) mass is 314 g/mol. The maximum atomic E-state index is 12.9. The van der Waals surface area contributed by atoms with Gasteiger partial charge in [0.2, 0.25) is 5.91 Å². The van der Waals surface area contributed by atoms with Gasteiger partial charge >= 0.3 is 0 Å². The van der Waals surface area contributed by atoms with Crippen molar-refractivity contribution < 1.29 is 14.3 Å². The molecular formula is C18H22N2O3. The van der Waals surface area contributed by atoms with Gasteiger partial charge < -0.3 is 15.4 Å². The molecule has 0 unspecified atom stereocenters. The normalized spacial score (nSPS) is 31.6. The molecule has 2 saturated carbocycles. The Bertz CT molecular complexity index is 645. The average molecular weight is 314 g/mol. The fourth-order valence-electron chi connectivity index (χ4n) is 4.58. The van der Waals surface area contributed by atoms with Gasteiger partial charge in [0.15, 0.2) is 6.10 Å². The van der Waals surface area contributed by atoms with Crippen molar-refractivity contribution in [2.45, 2.75) is 38.2 Å². The van der Waals surface area contributed by atoms with Crippen molar-refractivity contribution in [1.29, 1.82) is 0 Å². The largest absolute Gasteiger partial charge is 0.477 e. The molecule has 2 bridgehead atoms. The number of fused-ring (bicyclic) bond motifs is 3. The van der Waals surface area contributed by atoms with Gasteiger partial charge in [-0.2, -0.15) is 0 Å². The van der Waals surface area contributed by atoms with Gasteiger partial charge in [0.25, 0.3) is 5.91 Å². The minimum atomic E-state index is -0.770. The van der Waals surface area contributed by atoms with Crippen LogP contribution in [0.5, 0.6) is 5.75 Å². The first-order valence-electron chi connectivity index (χ1n) is 8.47. The number of nitrogens with two attached hydrogens (primary N) is 1. The maximum absolute atomic E-state index is 12.9. The summed E-state index contributed by atoms with van der Waals surface area (Å²) in [4.78, 5) is 26.1. The zero-order chi connectivity index (χ0) is 16.0. The van der Waals surface area contributed by atoms with E-state index < -0.39 is 12.0 Å². The number of hydrogen-bond acceptors (Lipinski definition) is 3. The van der Waals surface area contributed by atoms with Crippen LogP contribution in [0, 0.1) is 17.8 Å². The summed E-state index contributed by atoms with van der Waals surface area (Å²) in [6.07, 6.45) is 4.88. The zero-order valence-electron chi connectivity index (χ0n) is 13.1. The van der Waals surface area contributed by atoms with Crippen molar-refractivity contribution in [2.75, 3.05) is 11.4 Å². The van der Waals surface area contributed by atoms with Gasteiger partial charge in [-0.15, -0.1) is 0 Å². The first kappa shape index (κ1) is 14.5. The minimum Gasteiger partial charge on any atom is -0.477 e. The van der Waals surface area contributed by atoms with E-state index >= 15 is 0 Å². The predicted octanol–water partition coefficient (Wildman–Crippen LogP) is 2.09. The Kier molecular flexibility index (Phi) is 3.51. The lowest BCUT2D eigenvalue weighted by molar-refractivity contribution is -0.125. The van der Waals surface area contributed by atoms with Crippen LogP contribution in [-0.4, -0.2) is 24.5 Å². The lowest BCUT2D eigenvalue weighted by atomic mass is 9.86. The predicted molar refractivity (Wildman–Crippen MR) is 86.0 cm³/mol. The fourth-order valence-corrected chi connectivity index (χ4v) is 4.58. The second kappa shape index (κ2) is 5.55. The van der Waals surface area contributed by atoms with Gasteiger partial charge in [-0.3, -0.25) is 9.59 Å². The van der Waals surface area contributed by atoms with E-state index in [-0.39, 0.29) is 12.5 Å². The van der Waals surface area contributed by atoms with Gasteiger partial charge in [0, 0.05) is 6.42 Å². The van der Waals surface area contributed by atoms with Gasteiger partial charge in [0.1, 0.15) is 5.75 Å². The highest BCUT2D eigenvalue weighted by Gasteiger charge is 2.41. The lowest BCUT2D eigenvalue weighted by Gasteiger charge is -2.34. The SMILES string of the molecule is NC(=O)[C@@H]1CN(C(=O)C[C@@H]2C[C@H]3CC[C@H]2C3)c2ccccc2O1. The zero-order valence-corrected chi connectivity index (χ0v) is 13.1. The second-order valence-electron chi connectivity index (χ2n) is 7.12. The van der Waals surface area contributed by atoms with Crippen LogP contribution in [0.25, 0.3) is 0 Å². The molecule has 23 heavy (non-hydrogen) atoms. The molecule has 1 aromatic rings. The first-order chi connectivity index (χ1) is 11.1. The van der Waals surface area contributed by atoms with Crippen LogP contribution in [0.2, 0.25) is 0 Å². The third-order valence-corrected chi connectivity index (χ3v) is 5.71. The summed E-state index contributed by atoms with van der Waals surface area (Å²) in [7, 11) is 0. The summed E-state index contributed by atoms with van der Waals surface area (Å²) in [6.45, 7) is 0.214. The summed E-state index contributed by atoms with van der Waals surface area (Å²) in [5.74, 6) is 2.16. The Morgan fingerprint density at radius 1 is 1.22 bits per heavy atom. The van der Waals surface area contributed by atoms with Crippen molar-refractivity contribution in [3.8, 4) is 5.75 Å². The van der Waals surface area contributed by atoms with Crippen LogP contribution in [0.15, 0.2) is 24.3 Å². The van der Waals surface area contributed by atoms with Crippen LogP contribution < -0.4 is 15.4 Å². The molecule has 5 nitrogen and oxygen atoms in total. The van der Waals surface area contributed by atoms with Gasteiger partial charge in [-0.1, -0.05) is 18.6 Å². The highest BCUT2D eigenvalue weighted by Crippen LogP contribution is 2.50. The third kappa shape index (κ3) is 2.58. The van der Waals surface area contributed by atoms with E-state index in [2.05, 4.69) is 0 Å². The van der Waals surface area contributed by atoms with Gasteiger partial charge in [-0.05, 0) is 49.1 Å². The quantitative estimate of drug-likeness (QED) is 0.928. The highest BCUT2D eigenvalue weighted by molar-refractivity contribution is 5.97. The summed E-state index contributed by atoms with van der Waals surface area (Å²) in [5.41, 5.74) is 6.15. The van der Waals surface area contributed by atoms with Crippen LogP contribution >= 0.6 is 0 Å². The second-order valence-corrected chi connectivity index (χ2v) is 7.12. The molecule has 4 rings (SSSR count). The van der Waals surface area contributed by atoms with Crippen molar-refractivity contribution in [2.24, 2.45) is 23.5 Å². The van der Waals surface area contributed by atoms with Crippen molar-refractivity contribution in [3.63, 3.8) is 0 Å². The summed E-state index contributed by atoms with van der Waals surface area (Å²) in [5, 5.41) is 0. The maximum Gasteiger partial charge on any atom is 0.260 e. The number of anilines is 1. The topological polar surface area (TPSA) is 72.6 Å². The van der Waals surface area contributed by atoms with Crippen molar-refractivity contribution in [3.05, 3.63) is 24.3 Å². The molecule has 0 saturated heterocycles. The summed E-state index contributed by atoms with van der Waals surface area (Å²) < 4.78 is 5.62. The number of primary amides is 1. The number of hydrogen-bond donors (Lipinski definition) is 1. The highest BCUT2D eigenvalue weighted by atomic mass is 16.5. The van der Waals surface area contributed by atoms with E-state index in [1.54, 1.807) is 11.0 Å². The number of rotatable bonds is 3. The molecule has 4 atom stereocenters. The fraction of sp³-hybridized carbons (Fsp3) is 0.556. The molecule has 3 aliphatic rings. The molecular weight excluding hydrogens is 292 g/mol.